The van der Waals surface area contributed by atoms with E-state index >= 15 is 0 Å². The number of amides is 1. The number of benzene rings is 2. The largest absolute Gasteiger partial charge is 0.493 e. The van der Waals surface area contributed by atoms with Gasteiger partial charge in [-0.05, 0) is 18.3 Å². The molecule has 0 fully saturated rings. The molecule has 0 spiro atoms. The van der Waals surface area contributed by atoms with Crippen LogP contribution in [0.3, 0.4) is 0 Å². The van der Waals surface area contributed by atoms with Gasteiger partial charge in [0, 0.05) is 17.2 Å². The first-order valence-corrected chi connectivity index (χ1v) is 9.87. The van der Waals surface area contributed by atoms with Gasteiger partial charge in [-0.25, -0.2) is 15.0 Å². The van der Waals surface area contributed by atoms with Crippen molar-refractivity contribution in [2.45, 2.75) is 0 Å². The normalized spacial score (nSPS) is 16.5. The standard InChI is InChI=1S/C21H18N6O3S/c1-29-15-8-13-14(9-16(15)30-2)26-18(11-22-19(26)12-6-4-3-5-7-12)27-20(13)24-21(31)23-10-17(28)25-27/h3-9,11H,10H2,1-2H3,(H,23,31)(H,25,28)/b24-20-. The summed E-state index contributed by atoms with van der Waals surface area (Å²) in [7, 11) is 3.15. The summed E-state index contributed by atoms with van der Waals surface area (Å²) in [5.41, 5.74) is 5.27. The molecule has 0 radical (unpaired) electrons. The van der Waals surface area contributed by atoms with Gasteiger partial charge < -0.3 is 14.8 Å². The van der Waals surface area contributed by atoms with E-state index in [2.05, 4.69) is 20.7 Å². The van der Waals surface area contributed by atoms with Gasteiger partial charge in [-0.15, -0.1) is 0 Å². The number of hydrogen-bond acceptors (Lipinski definition) is 6. The third kappa shape index (κ3) is 3.08. The molecule has 2 aromatic carbocycles. The van der Waals surface area contributed by atoms with E-state index in [0.29, 0.717) is 34.5 Å². The zero-order chi connectivity index (χ0) is 21.5. The third-order valence-corrected chi connectivity index (χ3v) is 5.28. The Balaban J connectivity index is 1.83. The lowest BCUT2D eigenvalue weighted by Crippen LogP contribution is -2.54. The average molecular weight is 434 g/mol. The van der Waals surface area contributed by atoms with E-state index < -0.39 is 0 Å². The maximum Gasteiger partial charge on any atom is 0.258 e. The van der Waals surface area contributed by atoms with Gasteiger partial charge in [-0.2, -0.15) is 0 Å². The summed E-state index contributed by atoms with van der Waals surface area (Å²) < 4.78 is 13.0. The van der Waals surface area contributed by atoms with Crippen molar-refractivity contribution in [3.05, 3.63) is 54.2 Å². The number of imidazole rings is 1. The molecule has 0 aliphatic carbocycles. The fraction of sp³-hybridized carbons (Fsp3) is 0.143. The SMILES string of the molecule is COc1cc2c(cc1OC)-n1c(cnc1-c1ccccc1)N1NC(=O)CNC(=S)/N=C/21. The van der Waals surface area contributed by atoms with Gasteiger partial charge in [0.2, 0.25) is 0 Å². The second-order valence-electron chi connectivity index (χ2n) is 6.83. The summed E-state index contributed by atoms with van der Waals surface area (Å²) >= 11 is 5.31. The molecule has 0 bridgehead atoms. The first kappa shape index (κ1) is 19.1. The van der Waals surface area contributed by atoms with Crippen LogP contribution in [0.15, 0.2) is 53.7 Å². The molecule has 0 saturated carbocycles. The molecule has 3 heterocycles. The van der Waals surface area contributed by atoms with Crippen molar-refractivity contribution in [2.75, 3.05) is 25.8 Å². The van der Waals surface area contributed by atoms with Crippen molar-refractivity contribution in [3.63, 3.8) is 0 Å². The van der Waals surface area contributed by atoms with Crippen LogP contribution in [0.4, 0.5) is 5.82 Å². The van der Waals surface area contributed by atoms with Crippen LogP contribution in [0.25, 0.3) is 17.1 Å². The number of aliphatic imine (C=N–C) groups is 1. The summed E-state index contributed by atoms with van der Waals surface area (Å²) in [5, 5.41) is 4.65. The van der Waals surface area contributed by atoms with Crippen LogP contribution in [0, 0.1) is 0 Å². The van der Waals surface area contributed by atoms with E-state index in [1.165, 1.54) is 0 Å². The van der Waals surface area contributed by atoms with Crippen molar-refractivity contribution >= 4 is 34.9 Å². The van der Waals surface area contributed by atoms with E-state index in [1.54, 1.807) is 25.4 Å². The van der Waals surface area contributed by atoms with Gasteiger partial charge in [0.1, 0.15) is 5.82 Å². The number of nitrogens with one attached hydrogen (secondary N) is 2. The molecule has 9 nitrogen and oxygen atoms in total. The van der Waals surface area contributed by atoms with Crippen LogP contribution in [-0.2, 0) is 4.79 Å². The molecule has 1 amide bonds. The second-order valence-corrected chi connectivity index (χ2v) is 7.22. The predicted molar refractivity (Wildman–Crippen MR) is 120 cm³/mol. The highest BCUT2D eigenvalue weighted by atomic mass is 32.1. The molecule has 0 saturated heterocycles. The second kappa shape index (κ2) is 7.40. The fourth-order valence-electron chi connectivity index (χ4n) is 3.67. The van der Waals surface area contributed by atoms with E-state index in [0.717, 1.165) is 11.3 Å². The summed E-state index contributed by atoms with van der Waals surface area (Å²) in [5.74, 6) is 2.61. The smallest absolute Gasteiger partial charge is 0.258 e. The quantitative estimate of drug-likeness (QED) is 0.610. The molecule has 1 aromatic heterocycles. The number of ether oxygens (including phenoxy) is 2. The van der Waals surface area contributed by atoms with Crippen molar-refractivity contribution in [3.8, 4) is 28.6 Å². The van der Waals surface area contributed by atoms with Gasteiger partial charge in [0.05, 0.1) is 32.6 Å². The highest BCUT2D eigenvalue weighted by Crippen LogP contribution is 2.40. The number of carbonyl (C=O) groups excluding carboxylic acids is 1. The molecule has 5 rings (SSSR count). The number of amidine groups is 1. The minimum atomic E-state index is -0.257. The third-order valence-electron chi connectivity index (χ3n) is 5.04. The van der Waals surface area contributed by atoms with Crippen LogP contribution >= 0.6 is 12.2 Å². The Bertz CT molecular complexity index is 1240. The Morgan fingerprint density at radius 2 is 1.84 bits per heavy atom. The van der Waals surface area contributed by atoms with E-state index in [1.807, 2.05) is 47.0 Å². The van der Waals surface area contributed by atoms with Gasteiger partial charge >= 0.3 is 0 Å². The Hall–Kier alpha value is -3.92. The number of carbonyl (C=O) groups is 1. The van der Waals surface area contributed by atoms with Crippen LogP contribution < -0.4 is 25.2 Å². The highest BCUT2D eigenvalue weighted by molar-refractivity contribution is 7.80. The van der Waals surface area contributed by atoms with Crippen molar-refractivity contribution in [2.24, 2.45) is 4.99 Å². The Morgan fingerprint density at radius 1 is 1.10 bits per heavy atom. The molecule has 2 aliphatic rings. The predicted octanol–water partition coefficient (Wildman–Crippen LogP) is 2.04. The van der Waals surface area contributed by atoms with Gasteiger partial charge in [0.25, 0.3) is 5.91 Å². The van der Waals surface area contributed by atoms with Crippen LogP contribution in [0.2, 0.25) is 0 Å². The molecule has 0 atom stereocenters. The zero-order valence-electron chi connectivity index (χ0n) is 16.7. The maximum atomic E-state index is 12.5. The number of rotatable bonds is 3. The fourth-order valence-corrected chi connectivity index (χ4v) is 3.83. The maximum absolute atomic E-state index is 12.5. The van der Waals surface area contributed by atoms with E-state index in [-0.39, 0.29) is 17.6 Å². The van der Waals surface area contributed by atoms with Crippen molar-refractivity contribution < 1.29 is 14.3 Å². The van der Waals surface area contributed by atoms with Gasteiger partial charge in [-0.1, -0.05) is 30.3 Å². The molecule has 2 aliphatic heterocycles. The number of aromatic nitrogens is 2. The number of hydrazine groups is 1. The van der Waals surface area contributed by atoms with Crippen LogP contribution in [-0.4, -0.2) is 47.2 Å². The minimum absolute atomic E-state index is 0.0184. The summed E-state index contributed by atoms with van der Waals surface area (Å²) in [6, 6.07) is 13.5. The molecule has 10 heteroatoms. The Morgan fingerprint density at radius 3 is 2.58 bits per heavy atom. The number of methoxy groups -OCH3 is 2. The molecule has 3 aromatic rings. The number of nitrogens with zero attached hydrogens (tertiary/aromatic N) is 4. The first-order chi connectivity index (χ1) is 15.1. The number of anilines is 1. The monoisotopic (exact) mass is 434 g/mol. The number of fused-ring (bicyclic) bond motifs is 6. The molecular formula is C21H18N6O3S. The van der Waals surface area contributed by atoms with Crippen LogP contribution in [0.5, 0.6) is 11.5 Å². The lowest BCUT2D eigenvalue weighted by molar-refractivity contribution is -0.120. The topological polar surface area (TPSA) is 93.0 Å². The molecule has 31 heavy (non-hydrogen) atoms. The summed E-state index contributed by atoms with van der Waals surface area (Å²) in [6.07, 6.45) is 1.69. The lowest BCUT2D eigenvalue weighted by atomic mass is 10.1. The van der Waals surface area contributed by atoms with Crippen molar-refractivity contribution in [1.82, 2.24) is 20.3 Å². The lowest BCUT2D eigenvalue weighted by Gasteiger charge is -2.34. The molecule has 0 unspecified atom stereocenters. The molecule has 2 N–H and O–H groups in total. The van der Waals surface area contributed by atoms with E-state index in [4.69, 9.17) is 21.7 Å². The number of hydrogen-bond donors (Lipinski definition) is 2. The van der Waals surface area contributed by atoms with Gasteiger partial charge in [-0.3, -0.25) is 14.8 Å². The van der Waals surface area contributed by atoms with Crippen molar-refractivity contribution in [1.29, 1.82) is 0 Å². The van der Waals surface area contributed by atoms with E-state index in [9.17, 15) is 4.79 Å². The van der Waals surface area contributed by atoms with Crippen LogP contribution in [0.1, 0.15) is 5.56 Å². The first-order valence-electron chi connectivity index (χ1n) is 9.46. The molecule has 156 valence electrons. The minimum Gasteiger partial charge on any atom is -0.493 e. The Kier molecular flexibility index (Phi) is 4.55. The Labute approximate surface area is 183 Å². The summed E-state index contributed by atoms with van der Waals surface area (Å²) in [4.78, 5) is 21.7. The summed E-state index contributed by atoms with van der Waals surface area (Å²) in [6.45, 7) is 0.0184. The number of thiocarbonyl (C=S) groups is 1. The highest BCUT2D eigenvalue weighted by Gasteiger charge is 2.34. The zero-order valence-corrected chi connectivity index (χ0v) is 17.6. The van der Waals surface area contributed by atoms with Gasteiger partial charge in [0.15, 0.2) is 28.3 Å². The molecular weight excluding hydrogens is 416 g/mol. The average Bonchev–Trinajstić information content (AvgIpc) is 3.23.